The SMILES string of the molecule is CNCCC(C)N(C)Cc1ccco1. The quantitative estimate of drug-likeness (QED) is 0.751. The van der Waals surface area contributed by atoms with Gasteiger partial charge in [0.25, 0.3) is 0 Å². The minimum atomic E-state index is 0.576. The fraction of sp³-hybridized carbons (Fsp3) is 0.636. The molecule has 0 amide bonds. The first-order chi connectivity index (χ1) is 6.74. The fourth-order valence-corrected chi connectivity index (χ4v) is 1.38. The van der Waals surface area contributed by atoms with Crippen LogP contribution in [-0.2, 0) is 6.54 Å². The van der Waals surface area contributed by atoms with Crippen LogP contribution >= 0.6 is 0 Å². The van der Waals surface area contributed by atoms with Crippen molar-refractivity contribution in [2.75, 3.05) is 20.6 Å². The van der Waals surface area contributed by atoms with Crippen molar-refractivity contribution < 1.29 is 4.42 Å². The largest absolute Gasteiger partial charge is 0.468 e. The normalized spacial score (nSPS) is 13.4. The minimum Gasteiger partial charge on any atom is -0.468 e. The van der Waals surface area contributed by atoms with Crippen LogP contribution in [0.25, 0.3) is 0 Å². The van der Waals surface area contributed by atoms with Gasteiger partial charge in [-0.15, -0.1) is 0 Å². The lowest BCUT2D eigenvalue weighted by Gasteiger charge is -2.23. The standard InChI is InChI=1S/C11H20N2O/c1-10(6-7-12-2)13(3)9-11-5-4-8-14-11/h4-5,8,10,12H,6-7,9H2,1-3H3. The van der Waals surface area contributed by atoms with Crippen molar-refractivity contribution >= 4 is 0 Å². The van der Waals surface area contributed by atoms with Gasteiger partial charge in [0.05, 0.1) is 12.8 Å². The number of hydrogen-bond acceptors (Lipinski definition) is 3. The summed E-state index contributed by atoms with van der Waals surface area (Å²) in [5, 5.41) is 3.16. The Morgan fingerprint density at radius 1 is 1.57 bits per heavy atom. The van der Waals surface area contributed by atoms with Crippen molar-refractivity contribution in [3.8, 4) is 0 Å². The average molecular weight is 196 g/mol. The number of furan rings is 1. The van der Waals surface area contributed by atoms with Crippen molar-refractivity contribution in [3.05, 3.63) is 24.2 Å². The number of nitrogens with one attached hydrogen (secondary N) is 1. The molecule has 3 heteroatoms. The summed E-state index contributed by atoms with van der Waals surface area (Å²) in [6, 6.07) is 4.52. The second-order valence-corrected chi connectivity index (χ2v) is 3.74. The molecule has 1 heterocycles. The molecular formula is C11H20N2O. The van der Waals surface area contributed by atoms with Crippen molar-refractivity contribution in [1.82, 2.24) is 10.2 Å². The predicted octanol–water partition coefficient (Wildman–Crippen LogP) is 1.71. The molecule has 0 aliphatic rings. The van der Waals surface area contributed by atoms with Gasteiger partial charge in [-0.25, -0.2) is 0 Å². The zero-order chi connectivity index (χ0) is 10.4. The zero-order valence-electron chi connectivity index (χ0n) is 9.29. The van der Waals surface area contributed by atoms with E-state index < -0.39 is 0 Å². The Labute approximate surface area is 86.1 Å². The Balaban J connectivity index is 2.30. The summed E-state index contributed by atoms with van der Waals surface area (Å²) < 4.78 is 5.30. The molecule has 3 nitrogen and oxygen atoms in total. The van der Waals surface area contributed by atoms with Crippen LogP contribution in [0.15, 0.2) is 22.8 Å². The first-order valence-electron chi connectivity index (χ1n) is 5.11. The van der Waals surface area contributed by atoms with Crippen LogP contribution in [0.5, 0.6) is 0 Å². The summed E-state index contributed by atoms with van der Waals surface area (Å²) in [7, 11) is 4.11. The molecule has 1 atom stereocenters. The molecule has 80 valence electrons. The molecule has 0 saturated carbocycles. The zero-order valence-corrected chi connectivity index (χ0v) is 9.29. The van der Waals surface area contributed by atoms with Gasteiger partial charge in [-0.2, -0.15) is 0 Å². The molecule has 1 aromatic rings. The van der Waals surface area contributed by atoms with Crippen LogP contribution < -0.4 is 5.32 Å². The van der Waals surface area contributed by atoms with Gasteiger partial charge >= 0.3 is 0 Å². The lowest BCUT2D eigenvalue weighted by molar-refractivity contribution is 0.220. The average Bonchev–Trinajstić information content (AvgIpc) is 2.66. The van der Waals surface area contributed by atoms with Gasteiger partial charge in [-0.05, 0) is 46.1 Å². The molecule has 1 unspecified atom stereocenters. The van der Waals surface area contributed by atoms with Crippen molar-refractivity contribution in [3.63, 3.8) is 0 Å². The summed E-state index contributed by atoms with van der Waals surface area (Å²) in [5.74, 6) is 1.03. The van der Waals surface area contributed by atoms with E-state index in [4.69, 9.17) is 4.42 Å². The van der Waals surface area contributed by atoms with Gasteiger partial charge < -0.3 is 9.73 Å². The highest BCUT2D eigenvalue weighted by atomic mass is 16.3. The third-order valence-corrected chi connectivity index (χ3v) is 2.55. The molecular weight excluding hydrogens is 176 g/mol. The van der Waals surface area contributed by atoms with Gasteiger partial charge in [0.15, 0.2) is 0 Å². The lowest BCUT2D eigenvalue weighted by atomic mass is 10.2. The molecule has 0 spiro atoms. The van der Waals surface area contributed by atoms with E-state index in [2.05, 4.69) is 24.2 Å². The maximum atomic E-state index is 5.30. The van der Waals surface area contributed by atoms with E-state index in [0.29, 0.717) is 6.04 Å². The third-order valence-electron chi connectivity index (χ3n) is 2.55. The van der Waals surface area contributed by atoms with Crippen LogP contribution in [0.3, 0.4) is 0 Å². The molecule has 0 aliphatic heterocycles. The highest BCUT2D eigenvalue weighted by molar-refractivity contribution is 4.97. The van der Waals surface area contributed by atoms with Crippen LogP contribution in [0.2, 0.25) is 0 Å². The van der Waals surface area contributed by atoms with Crippen LogP contribution in [0.4, 0.5) is 0 Å². The van der Waals surface area contributed by atoms with Gasteiger partial charge in [0, 0.05) is 6.04 Å². The first kappa shape index (κ1) is 11.3. The summed E-state index contributed by atoms with van der Waals surface area (Å²) >= 11 is 0. The van der Waals surface area contributed by atoms with Crippen molar-refractivity contribution in [2.45, 2.75) is 25.9 Å². The number of rotatable bonds is 6. The lowest BCUT2D eigenvalue weighted by Crippen LogP contribution is -2.30. The highest BCUT2D eigenvalue weighted by Crippen LogP contribution is 2.08. The second-order valence-electron chi connectivity index (χ2n) is 3.74. The molecule has 0 radical (unpaired) electrons. The van der Waals surface area contributed by atoms with Gasteiger partial charge in [0.1, 0.15) is 5.76 Å². The van der Waals surface area contributed by atoms with E-state index in [1.165, 1.54) is 0 Å². The van der Waals surface area contributed by atoms with E-state index in [-0.39, 0.29) is 0 Å². The summed E-state index contributed by atoms with van der Waals surface area (Å²) in [6.45, 7) is 4.18. The fourth-order valence-electron chi connectivity index (χ4n) is 1.38. The Morgan fingerprint density at radius 2 is 2.36 bits per heavy atom. The van der Waals surface area contributed by atoms with Crippen LogP contribution in [0, 0.1) is 0 Å². The Hall–Kier alpha value is -0.800. The maximum absolute atomic E-state index is 5.30. The van der Waals surface area contributed by atoms with E-state index >= 15 is 0 Å². The summed E-state index contributed by atoms with van der Waals surface area (Å²) in [4.78, 5) is 2.30. The van der Waals surface area contributed by atoms with Crippen molar-refractivity contribution in [1.29, 1.82) is 0 Å². The van der Waals surface area contributed by atoms with Gasteiger partial charge in [0.2, 0.25) is 0 Å². The molecule has 1 aromatic heterocycles. The van der Waals surface area contributed by atoms with E-state index in [9.17, 15) is 0 Å². The number of hydrogen-bond donors (Lipinski definition) is 1. The van der Waals surface area contributed by atoms with E-state index in [1.54, 1.807) is 6.26 Å². The molecule has 0 bridgehead atoms. The van der Waals surface area contributed by atoms with E-state index in [1.807, 2.05) is 19.2 Å². The topological polar surface area (TPSA) is 28.4 Å². The molecule has 0 saturated heterocycles. The summed E-state index contributed by atoms with van der Waals surface area (Å²) in [5.41, 5.74) is 0. The second kappa shape index (κ2) is 5.83. The molecule has 0 aromatic carbocycles. The molecule has 0 aliphatic carbocycles. The maximum Gasteiger partial charge on any atom is 0.117 e. The van der Waals surface area contributed by atoms with Crippen molar-refractivity contribution in [2.24, 2.45) is 0 Å². The van der Waals surface area contributed by atoms with Crippen LogP contribution in [-0.4, -0.2) is 31.6 Å². The Bertz CT molecular complexity index is 233. The van der Waals surface area contributed by atoms with Crippen LogP contribution in [0.1, 0.15) is 19.1 Å². The Kier molecular flexibility index (Phi) is 4.70. The van der Waals surface area contributed by atoms with Gasteiger partial charge in [-0.1, -0.05) is 0 Å². The molecule has 1 rings (SSSR count). The molecule has 1 N–H and O–H groups in total. The minimum absolute atomic E-state index is 0.576. The van der Waals surface area contributed by atoms with Gasteiger partial charge in [-0.3, -0.25) is 4.90 Å². The number of nitrogens with zero attached hydrogens (tertiary/aromatic N) is 1. The Morgan fingerprint density at radius 3 is 2.93 bits per heavy atom. The molecule has 14 heavy (non-hydrogen) atoms. The molecule has 0 fully saturated rings. The predicted molar refractivity (Wildman–Crippen MR) is 58.2 cm³/mol. The monoisotopic (exact) mass is 196 g/mol. The van der Waals surface area contributed by atoms with E-state index in [0.717, 1.165) is 25.3 Å². The first-order valence-corrected chi connectivity index (χ1v) is 5.11. The smallest absolute Gasteiger partial charge is 0.117 e. The highest BCUT2D eigenvalue weighted by Gasteiger charge is 2.09. The summed E-state index contributed by atoms with van der Waals surface area (Å²) in [6.07, 6.45) is 2.88. The third kappa shape index (κ3) is 3.52.